The number of anilines is 4. The van der Waals surface area contributed by atoms with Gasteiger partial charge < -0.3 is 45.2 Å². The number of hydrogen-bond acceptors (Lipinski definition) is 15. The van der Waals surface area contributed by atoms with Crippen molar-refractivity contribution in [1.82, 2.24) is 20.2 Å². The van der Waals surface area contributed by atoms with Crippen LogP contribution in [0.1, 0.15) is 76.3 Å². The van der Waals surface area contributed by atoms with Crippen LogP contribution < -0.4 is 25.8 Å². The number of carboxylic acids is 1. The second-order valence-electron chi connectivity index (χ2n) is 20.1. The minimum atomic E-state index is -4.82. The molecule has 446 valence electrons. The van der Waals surface area contributed by atoms with E-state index in [1.54, 1.807) is 4.90 Å². The SMILES string of the molecule is CC.O=C(COC1CCC(Nc2ccc([N+](=O)[O-])c(C(F)(F)F)c2)CC1)N1CCN(c2ccc3ccccc3n2)CC1.O=C(O)COC1CCC(Nc2ccc([N+](=O)[O-])c(C(F)(F)F)c2)CC1.c1ccc2nc(N3CCNCC3)ccc2c1. The maximum absolute atomic E-state index is 13.3. The predicted octanol–water partition coefficient (Wildman–Crippen LogP) is 11.4. The number of aliphatic carboxylic acids is 1. The van der Waals surface area contributed by atoms with Crippen LogP contribution >= 0.6 is 0 Å². The Morgan fingerprint density at radius 3 is 1.41 bits per heavy atom. The van der Waals surface area contributed by atoms with E-state index >= 15 is 0 Å². The van der Waals surface area contributed by atoms with Gasteiger partial charge in [-0.05, 0) is 112 Å². The van der Waals surface area contributed by atoms with Gasteiger partial charge in [0.2, 0.25) is 5.91 Å². The van der Waals surface area contributed by atoms with E-state index in [0.29, 0.717) is 77.5 Å². The summed E-state index contributed by atoms with van der Waals surface area (Å²) in [5.74, 6) is 0.888. The molecule has 1 amide bonds. The maximum Gasteiger partial charge on any atom is 0.423 e. The van der Waals surface area contributed by atoms with Crippen molar-refractivity contribution >= 4 is 68.1 Å². The van der Waals surface area contributed by atoms with Gasteiger partial charge >= 0.3 is 18.3 Å². The Morgan fingerprint density at radius 1 is 0.590 bits per heavy atom. The number of nitro groups is 2. The van der Waals surface area contributed by atoms with Crippen LogP contribution in [-0.2, 0) is 31.4 Å². The summed E-state index contributed by atoms with van der Waals surface area (Å²) in [7, 11) is 0. The van der Waals surface area contributed by atoms with Crippen LogP contribution in [0, 0.1) is 20.2 Å². The zero-order chi connectivity index (χ0) is 59.7. The third-order valence-electron chi connectivity index (χ3n) is 14.5. The van der Waals surface area contributed by atoms with Gasteiger partial charge in [0.05, 0.1) is 33.1 Å². The number of nitrogens with one attached hydrogen (secondary N) is 3. The molecule has 4 aliphatic rings. The number of pyridine rings is 2. The molecule has 83 heavy (non-hydrogen) atoms. The van der Waals surface area contributed by atoms with E-state index in [0.717, 1.165) is 78.5 Å². The van der Waals surface area contributed by atoms with Gasteiger partial charge in [-0.25, -0.2) is 14.8 Å². The van der Waals surface area contributed by atoms with E-state index in [4.69, 9.17) is 24.5 Å². The molecule has 0 unspecified atom stereocenters. The maximum atomic E-state index is 13.3. The van der Waals surface area contributed by atoms with Gasteiger partial charge in [0.25, 0.3) is 11.4 Å². The number of para-hydroxylation sites is 2. The van der Waals surface area contributed by atoms with E-state index in [-0.39, 0.29) is 54.8 Å². The summed E-state index contributed by atoms with van der Waals surface area (Å²) in [4.78, 5) is 58.6. The number of hydrogen-bond donors (Lipinski definition) is 4. The van der Waals surface area contributed by atoms with E-state index in [1.165, 1.54) is 17.5 Å². The number of rotatable bonds is 14. The fraction of sp³-hybridized carbons (Fsp3) is 0.448. The van der Waals surface area contributed by atoms with E-state index < -0.39 is 50.7 Å². The van der Waals surface area contributed by atoms with Crippen LogP contribution in [0.15, 0.2) is 109 Å². The highest BCUT2D eigenvalue weighted by Gasteiger charge is 2.40. The van der Waals surface area contributed by atoms with Crippen LogP contribution in [-0.4, -0.2) is 132 Å². The van der Waals surface area contributed by atoms with Gasteiger partial charge in [0.15, 0.2) is 0 Å². The minimum Gasteiger partial charge on any atom is -0.480 e. The molecule has 2 aromatic heterocycles. The van der Waals surface area contributed by atoms with Gasteiger partial charge in [0, 0.05) is 98.7 Å². The number of piperazine rings is 2. The van der Waals surface area contributed by atoms with Gasteiger partial charge in [-0.2, -0.15) is 26.3 Å². The summed E-state index contributed by atoms with van der Waals surface area (Å²) >= 11 is 0. The van der Waals surface area contributed by atoms with Crippen molar-refractivity contribution < 1.29 is 60.4 Å². The lowest BCUT2D eigenvalue weighted by atomic mass is 9.92. The van der Waals surface area contributed by atoms with Crippen molar-refractivity contribution in [2.75, 3.05) is 86.0 Å². The second-order valence-corrected chi connectivity index (χ2v) is 20.1. The first-order valence-corrected chi connectivity index (χ1v) is 27.7. The van der Waals surface area contributed by atoms with Crippen LogP contribution in [0.25, 0.3) is 21.8 Å². The molecule has 2 aliphatic heterocycles. The van der Waals surface area contributed by atoms with Crippen molar-refractivity contribution in [2.24, 2.45) is 0 Å². The summed E-state index contributed by atoms with van der Waals surface area (Å²) in [5.41, 5.74) is -2.14. The van der Waals surface area contributed by atoms with Crippen molar-refractivity contribution in [1.29, 1.82) is 0 Å². The standard InChI is InChI=1S/C28H30F3N5O4.C15H17F3N2O5.C13H15N3.C2H6/c29-28(30,31)23-17-21(8-11-25(23)36(38)39)32-20-6-9-22(10-7-20)40-18-27(37)35-15-13-34(14-16-35)26-12-5-19-3-1-2-4-24(19)33-26;16-15(17,18)12-7-10(3-6-13(12)20(23)24)19-9-1-4-11(5-2-9)25-8-14(21)22;1-2-4-12-11(3-1)5-6-13(15-12)16-9-7-14-8-10-16;1-2/h1-5,8,11-12,17,20,22,32H,6-7,9-10,13-16,18H2;3,6-7,9,11,19H,1-2,4-5,8H2,(H,21,22);1-6,14H,7-10H2;1-2H3. The summed E-state index contributed by atoms with van der Waals surface area (Å²) in [5, 5.41) is 41.9. The quantitative estimate of drug-likeness (QED) is 0.0451. The molecule has 4 fully saturated rings. The highest BCUT2D eigenvalue weighted by atomic mass is 19.4. The number of nitro benzene ring substituents is 2. The molecule has 0 atom stereocenters. The Bertz CT molecular complexity index is 3130. The molecule has 0 bridgehead atoms. The molecule has 4 aromatic carbocycles. The molecule has 4 N–H and O–H groups in total. The second kappa shape index (κ2) is 29.4. The van der Waals surface area contributed by atoms with Crippen LogP contribution in [0.4, 0.5) is 60.7 Å². The number of fused-ring (bicyclic) bond motifs is 2. The molecule has 0 radical (unpaired) electrons. The van der Waals surface area contributed by atoms with Crippen LogP contribution in [0.5, 0.6) is 0 Å². The van der Waals surface area contributed by atoms with Crippen molar-refractivity contribution in [3.8, 4) is 0 Å². The summed E-state index contributed by atoms with van der Waals surface area (Å²) in [6.45, 7) is 10.4. The first-order chi connectivity index (χ1) is 39.8. The van der Waals surface area contributed by atoms with E-state index in [9.17, 15) is 56.2 Å². The van der Waals surface area contributed by atoms with Crippen molar-refractivity contribution in [2.45, 2.75) is 102 Å². The zero-order valence-corrected chi connectivity index (χ0v) is 46.0. The fourth-order valence-electron chi connectivity index (χ4n) is 10.3. The molecular formula is C58H68F6N10O9. The van der Waals surface area contributed by atoms with Crippen LogP contribution in [0.3, 0.4) is 0 Å². The molecule has 2 saturated carbocycles. The number of nitrogens with zero attached hydrogens (tertiary/aromatic N) is 7. The lowest BCUT2D eigenvalue weighted by Gasteiger charge is -2.36. The Kier molecular flexibility index (Phi) is 22.2. The molecule has 10 rings (SSSR count). The highest BCUT2D eigenvalue weighted by molar-refractivity contribution is 5.81. The number of halogens is 6. The third-order valence-corrected chi connectivity index (χ3v) is 14.5. The number of alkyl halides is 6. The highest BCUT2D eigenvalue weighted by Crippen LogP contribution is 2.40. The van der Waals surface area contributed by atoms with E-state index in [1.807, 2.05) is 50.2 Å². The van der Waals surface area contributed by atoms with Crippen molar-refractivity contribution in [3.05, 3.63) is 141 Å². The first-order valence-electron chi connectivity index (χ1n) is 27.7. The van der Waals surface area contributed by atoms with Gasteiger partial charge in [0.1, 0.15) is 36.0 Å². The van der Waals surface area contributed by atoms with Crippen molar-refractivity contribution in [3.63, 3.8) is 0 Å². The molecule has 0 spiro atoms. The fourth-order valence-corrected chi connectivity index (χ4v) is 10.3. The first kappa shape index (κ1) is 62.7. The zero-order valence-electron chi connectivity index (χ0n) is 46.0. The lowest BCUT2D eigenvalue weighted by Crippen LogP contribution is -2.50. The Morgan fingerprint density at radius 2 is 1.00 bits per heavy atom. The largest absolute Gasteiger partial charge is 0.480 e. The Labute approximate surface area is 475 Å². The lowest BCUT2D eigenvalue weighted by molar-refractivity contribution is -0.388. The Balaban J connectivity index is 0.000000195. The normalized spacial score (nSPS) is 19.2. The van der Waals surface area contributed by atoms with Gasteiger partial charge in [-0.1, -0.05) is 50.2 Å². The monoisotopic (exact) mass is 1160 g/mol. The summed E-state index contributed by atoms with van der Waals surface area (Å²) < 4.78 is 89.8. The molecule has 6 aromatic rings. The number of amides is 1. The minimum absolute atomic E-state index is 0.00567. The molecule has 25 heteroatoms. The average Bonchev–Trinajstić information content (AvgIpc) is 3.70. The third kappa shape index (κ3) is 18.0. The number of benzene rings is 4. The Hall–Kier alpha value is -7.90. The average molecular weight is 1160 g/mol. The van der Waals surface area contributed by atoms with E-state index in [2.05, 4.69) is 62.1 Å². The predicted molar refractivity (Wildman–Crippen MR) is 304 cm³/mol. The number of carboxylic acid groups (broad SMARTS) is 1. The van der Waals surface area contributed by atoms with Gasteiger partial charge in [-0.3, -0.25) is 25.0 Å². The molecular weight excluding hydrogens is 1090 g/mol. The number of carbonyl (C=O) groups excluding carboxylic acids is 1. The molecule has 2 saturated heterocycles. The molecule has 19 nitrogen and oxygen atoms in total. The smallest absolute Gasteiger partial charge is 0.423 e. The molecule has 4 heterocycles. The number of ether oxygens (including phenoxy) is 2. The summed E-state index contributed by atoms with van der Waals surface area (Å²) in [6, 6.07) is 30.1. The topological polar surface area (TPSA) is 231 Å². The number of carbonyl (C=O) groups is 2. The van der Waals surface area contributed by atoms with Gasteiger partial charge in [-0.15, -0.1) is 0 Å². The number of aromatic nitrogens is 2. The van der Waals surface area contributed by atoms with Crippen LogP contribution in [0.2, 0.25) is 0 Å². The molecule has 2 aliphatic carbocycles. The summed E-state index contributed by atoms with van der Waals surface area (Å²) in [6.07, 6.45) is -4.94.